The van der Waals surface area contributed by atoms with E-state index in [-0.39, 0.29) is 11.6 Å². The third-order valence-electron chi connectivity index (χ3n) is 5.49. The van der Waals surface area contributed by atoms with Crippen LogP contribution in [0.3, 0.4) is 0 Å². The first kappa shape index (κ1) is 22.0. The average molecular weight is 501 g/mol. The van der Waals surface area contributed by atoms with Crippen LogP contribution in [0.5, 0.6) is 0 Å². The fourth-order valence-corrected chi connectivity index (χ4v) is 4.77. The molecule has 3 aromatic heterocycles. The lowest BCUT2D eigenvalue weighted by atomic mass is 10.3. The molecule has 0 saturated carbocycles. The highest BCUT2D eigenvalue weighted by Crippen LogP contribution is 2.30. The van der Waals surface area contributed by atoms with Gasteiger partial charge >= 0.3 is 0 Å². The minimum atomic E-state index is -0.345. The number of hydrogen-bond acceptors (Lipinski definition) is 7. The summed E-state index contributed by atoms with van der Waals surface area (Å²) < 4.78 is 31.5. The molecule has 0 aliphatic rings. The number of para-hydroxylation sites is 1. The summed E-state index contributed by atoms with van der Waals surface area (Å²) in [6.45, 7) is 0.782. The van der Waals surface area contributed by atoms with Crippen LogP contribution in [0.4, 0.5) is 13.9 Å². The smallest absolute Gasteiger partial charge is 0.187 e. The van der Waals surface area contributed by atoms with Crippen molar-refractivity contribution in [2.45, 2.75) is 13.1 Å². The van der Waals surface area contributed by atoms with E-state index in [1.165, 1.54) is 33.6 Å². The van der Waals surface area contributed by atoms with E-state index in [0.717, 1.165) is 15.3 Å². The molecule has 6 rings (SSSR count). The van der Waals surface area contributed by atoms with Crippen LogP contribution in [0.25, 0.3) is 21.6 Å². The van der Waals surface area contributed by atoms with Gasteiger partial charge in [-0.3, -0.25) is 0 Å². The lowest BCUT2D eigenvalue weighted by Gasteiger charge is -2.19. The van der Waals surface area contributed by atoms with Crippen LogP contribution in [0, 0.1) is 11.6 Å². The molecule has 0 aliphatic heterocycles. The van der Waals surface area contributed by atoms with Crippen molar-refractivity contribution in [1.29, 1.82) is 0 Å². The standard InChI is InChI=1S/C25H18F2N8S/c26-17-5-3-7-21(11-17)34-15-19(29-31-34)13-33(25-28-23-9-1-2-10-24(23)36-25)14-20-16-35(32-30-20)22-8-4-6-18(27)12-22/h1-12,15-16H,13-14H2. The van der Waals surface area contributed by atoms with Crippen LogP contribution in [0.1, 0.15) is 11.4 Å². The Hall–Kier alpha value is -4.51. The molecule has 0 radical (unpaired) electrons. The predicted molar refractivity (Wildman–Crippen MR) is 132 cm³/mol. The highest BCUT2D eigenvalue weighted by atomic mass is 32.1. The minimum Gasteiger partial charge on any atom is -0.336 e. The Morgan fingerprint density at radius 3 is 1.86 bits per heavy atom. The number of aromatic nitrogens is 7. The van der Waals surface area contributed by atoms with Gasteiger partial charge in [-0.2, -0.15) is 0 Å². The van der Waals surface area contributed by atoms with Crippen LogP contribution < -0.4 is 4.90 Å². The molecule has 0 atom stereocenters. The third-order valence-corrected chi connectivity index (χ3v) is 6.58. The Kier molecular flexibility index (Phi) is 5.66. The van der Waals surface area contributed by atoms with E-state index in [9.17, 15) is 8.78 Å². The van der Waals surface area contributed by atoms with Crippen molar-refractivity contribution in [2.24, 2.45) is 0 Å². The zero-order chi connectivity index (χ0) is 24.5. The molecule has 0 fully saturated rings. The topological polar surface area (TPSA) is 77.5 Å². The van der Waals surface area contributed by atoms with Crippen LogP contribution in [0.2, 0.25) is 0 Å². The van der Waals surface area contributed by atoms with Crippen molar-refractivity contribution < 1.29 is 8.78 Å². The quantitative estimate of drug-likeness (QED) is 0.309. The van der Waals surface area contributed by atoms with Crippen LogP contribution >= 0.6 is 11.3 Å². The highest BCUT2D eigenvalue weighted by molar-refractivity contribution is 7.22. The summed E-state index contributed by atoms with van der Waals surface area (Å²) >= 11 is 1.56. The predicted octanol–water partition coefficient (Wildman–Crippen LogP) is 4.94. The lowest BCUT2D eigenvalue weighted by molar-refractivity contribution is 0.624. The zero-order valence-corrected chi connectivity index (χ0v) is 19.6. The summed E-state index contributed by atoms with van der Waals surface area (Å²) in [6.07, 6.45) is 3.53. The zero-order valence-electron chi connectivity index (χ0n) is 18.7. The SMILES string of the molecule is Fc1cccc(-n2cc(CN(Cc3cn(-c4cccc(F)c4)nn3)c3nc4ccccc4s3)nn2)c1. The second-order valence-electron chi connectivity index (χ2n) is 8.09. The van der Waals surface area contributed by atoms with E-state index >= 15 is 0 Å². The number of benzene rings is 3. The molecule has 8 nitrogen and oxygen atoms in total. The molecule has 0 saturated heterocycles. The molecule has 0 aliphatic carbocycles. The molecule has 36 heavy (non-hydrogen) atoms. The highest BCUT2D eigenvalue weighted by Gasteiger charge is 2.18. The fraction of sp³-hybridized carbons (Fsp3) is 0.0800. The Morgan fingerprint density at radius 1 is 0.722 bits per heavy atom. The van der Waals surface area contributed by atoms with Crippen molar-refractivity contribution >= 4 is 26.7 Å². The Balaban J connectivity index is 1.31. The van der Waals surface area contributed by atoms with Crippen LogP contribution in [-0.2, 0) is 13.1 Å². The van der Waals surface area contributed by atoms with Gasteiger partial charge in [0.2, 0.25) is 0 Å². The maximum Gasteiger partial charge on any atom is 0.187 e. The van der Waals surface area contributed by atoms with Gasteiger partial charge in [-0.15, -0.1) is 10.2 Å². The van der Waals surface area contributed by atoms with E-state index < -0.39 is 0 Å². The normalized spacial score (nSPS) is 11.3. The molecule has 0 amide bonds. The van der Waals surface area contributed by atoms with Gasteiger partial charge < -0.3 is 4.90 Å². The fourth-order valence-electron chi connectivity index (χ4n) is 3.81. The first-order valence-corrected chi connectivity index (χ1v) is 11.9. The number of halogens is 2. The third kappa shape index (κ3) is 4.56. The number of anilines is 1. The van der Waals surface area contributed by atoms with Crippen LogP contribution in [-0.4, -0.2) is 35.0 Å². The summed E-state index contributed by atoms with van der Waals surface area (Å²) in [6, 6.07) is 20.2. The maximum absolute atomic E-state index is 13.7. The number of thiazole rings is 1. The first-order chi connectivity index (χ1) is 17.6. The van der Waals surface area contributed by atoms with Crippen molar-refractivity contribution in [1.82, 2.24) is 35.0 Å². The Morgan fingerprint density at radius 2 is 1.31 bits per heavy atom. The summed E-state index contributed by atoms with van der Waals surface area (Å²) in [5, 5.41) is 17.7. The van der Waals surface area contributed by atoms with E-state index in [1.54, 1.807) is 48.0 Å². The molecule has 0 N–H and O–H groups in total. The van der Waals surface area contributed by atoms with Crippen molar-refractivity contribution in [3.63, 3.8) is 0 Å². The summed E-state index contributed by atoms with van der Waals surface area (Å²) in [5.74, 6) is -0.691. The van der Waals surface area contributed by atoms with Gasteiger partial charge in [0, 0.05) is 0 Å². The Labute approximate surface area is 208 Å². The summed E-state index contributed by atoms with van der Waals surface area (Å²) in [5.41, 5.74) is 3.41. The van der Waals surface area contributed by atoms with E-state index in [2.05, 4.69) is 20.6 Å². The molecule has 178 valence electrons. The van der Waals surface area contributed by atoms with Gasteiger partial charge in [-0.25, -0.2) is 23.1 Å². The van der Waals surface area contributed by atoms with Gasteiger partial charge in [-0.1, -0.05) is 46.0 Å². The second kappa shape index (κ2) is 9.27. The Bertz CT molecular complexity index is 1540. The van der Waals surface area contributed by atoms with Gasteiger partial charge in [0.1, 0.15) is 23.0 Å². The molecule has 11 heteroatoms. The number of fused-ring (bicyclic) bond motifs is 1. The number of hydrogen-bond donors (Lipinski definition) is 0. The average Bonchev–Trinajstić information content (AvgIpc) is 3.63. The van der Waals surface area contributed by atoms with Crippen LogP contribution in [0.15, 0.2) is 85.2 Å². The largest absolute Gasteiger partial charge is 0.336 e. The molecule has 6 aromatic rings. The van der Waals surface area contributed by atoms with Gasteiger partial charge in [-0.05, 0) is 48.5 Å². The minimum absolute atomic E-state index is 0.345. The monoisotopic (exact) mass is 500 g/mol. The van der Waals surface area contributed by atoms with E-state index in [1.807, 2.05) is 29.2 Å². The van der Waals surface area contributed by atoms with Crippen molar-refractivity contribution in [2.75, 3.05) is 4.90 Å². The molecule has 0 unspecified atom stereocenters. The molecule has 3 aromatic carbocycles. The van der Waals surface area contributed by atoms with Gasteiger partial charge in [0.25, 0.3) is 0 Å². The van der Waals surface area contributed by atoms with Gasteiger partial charge in [0.05, 0.1) is 47.1 Å². The molecular weight excluding hydrogens is 482 g/mol. The summed E-state index contributed by atoms with van der Waals surface area (Å²) in [7, 11) is 0. The molecule has 0 spiro atoms. The lowest BCUT2D eigenvalue weighted by Crippen LogP contribution is -2.22. The maximum atomic E-state index is 13.7. The van der Waals surface area contributed by atoms with Crippen molar-refractivity contribution in [3.8, 4) is 11.4 Å². The first-order valence-electron chi connectivity index (χ1n) is 11.1. The van der Waals surface area contributed by atoms with E-state index in [0.29, 0.717) is 35.9 Å². The van der Waals surface area contributed by atoms with Gasteiger partial charge in [0.15, 0.2) is 5.13 Å². The number of nitrogens with zero attached hydrogens (tertiary/aromatic N) is 8. The molecule has 3 heterocycles. The molecule has 0 bridgehead atoms. The number of rotatable bonds is 7. The second-order valence-corrected chi connectivity index (χ2v) is 9.10. The van der Waals surface area contributed by atoms with Crippen molar-refractivity contribution in [3.05, 3.63) is 108 Å². The van der Waals surface area contributed by atoms with E-state index in [4.69, 9.17) is 4.98 Å². The molecular formula is C25H18F2N8S. The summed E-state index contributed by atoms with van der Waals surface area (Å²) in [4.78, 5) is 6.83.